The van der Waals surface area contributed by atoms with Crippen LogP contribution >= 0.6 is 23.8 Å². The van der Waals surface area contributed by atoms with Crippen LogP contribution in [-0.2, 0) is 0 Å². The minimum atomic E-state index is -0.475. The van der Waals surface area contributed by atoms with Crippen molar-refractivity contribution in [2.24, 2.45) is 0 Å². The van der Waals surface area contributed by atoms with Crippen LogP contribution < -0.4 is 20.1 Å². The molecular weight excluding hydrogens is 315 g/mol. The SMILES string of the molecule is Fc1cc(Cl)ccc1NC(=S)Nc1ccc2c(c1)OCO2. The quantitative estimate of drug-likeness (QED) is 0.817. The molecule has 0 radical (unpaired) electrons. The number of hydrogen-bond acceptors (Lipinski definition) is 3. The van der Waals surface area contributed by atoms with Gasteiger partial charge in [0.25, 0.3) is 0 Å². The Hall–Kier alpha value is -2.05. The molecule has 0 saturated carbocycles. The first-order valence-electron chi connectivity index (χ1n) is 6.04. The van der Waals surface area contributed by atoms with Gasteiger partial charge in [-0.2, -0.15) is 0 Å². The van der Waals surface area contributed by atoms with E-state index in [1.165, 1.54) is 12.1 Å². The molecule has 0 unspecified atom stereocenters. The minimum absolute atomic E-state index is 0.206. The van der Waals surface area contributed by atoms with Crippen molar-refractivity contribution in [1.82, 2.24) is 0 Å². The lowest BCUT2D eigenvalue weighted by Crippen LogP contribution is -2.19. The topological polar surface area (TPSA) is 42.5 Å². The van der Waals surface area contributed by atoms with E-state index < -0.39 is 5.82 Å². The predicted molar refractivity (Wildman–Crippen MR) is 83.8 cm³/mol. The lowest BCUT2D eigenvalue weighted by molar-refractivity contribution is 0.174. The molecule has 0 atom stereocenters. The molecular formula is C14H10ClFN2O2S. The smallest absolute Gasteiger partial charge is 0.231 e. The van der Waals surface area contributed by atoms with Crippen molar-refractivity contribution >= 4 is 40.3 Å². The molecule has 108 valence electrons. The van der Waals surface area contributed by atoms with Gasteiger partial charge >= 0.3 is 0 Å². The van der Waals surface area contributed by atoms with Crippen molar-refractivity contribution in [3.05, 3.63) is 47.2 Å². The molecule has 0 saturated heterocycles. The molecule has 0 spiro atoms. The number of anilines is 2. The second-order valence-corrected chi connectivity index (χ2v) is 5.12. The van der Waals surface area contributed by atoms with Gasteiger partial charge in [0.2, 0.25) is 6.79 Å². The number of benzene rings is 2. The third-order valence-electron chi connectivity index (χ3n) is 2.81. The molecule has 1 aliphatic rings. The summed E-state index contributed by atoms with van der Waals surface area (Å²) in [6.07, 6.45) is 0. The highest BCUT2D eigenvalue weighted by atomic mass is 35.5. The Morgan fingerprint density at radius 1 is 1.10 bits per heavy atom. The fraction of sp³-hybridized carbons (Fsp3) is 0.0714. The molecule has 4 nitrogen and oxygen atoms in total. The van der Waals surface area contributed by atoms with Crippen molar-refractivity contribution < 1.29 is 13.9 Å². The van der Waals surface area contributed by atoms with Crippen LogP contribution in [0.2, 0.25) is 5.02 Å². The zero-order valence-electron chi connectivity index (χ0n) is 10.7. The Bertz CT molecular complexity index is 711. The van der Waals surface area contributed by atoms with E-state index in [9.17, 15) is 4.39 Å². The van der Waals surface area contributed by atoms with Gasteiger partial charge in [-0.05, 0) is 42.5 Å². The van der Waals surface area contributed by atoms with Crippen molar-refractivity contribution in [2.45, 2.75) is 0 Å². The largest absolute Gasteiger partial charge is 0.454 e. The van der Waals surface area contributed by atoms with Crippen LogP contribution in [0.3, 0.4) is 0 Å². The van der Waals surface area contributed by atoms with Gasteiger partial charge in [0.1, 0.15) is 5.82 Å². The normalized spacial score (nSPS) is 12.1. The molecule has 2 aromatic rings. The number of ether oxygens (including phenoxy) is 2. The number of nitrogens with one attached hydrogen (secondary N) is 2. The highest BCUT2D eigenvalue weighted by molar-refractivity contribution is 7.80. The van der Waals surface area contributed by atoms with Crippen molar-refractivity contribution in [3.8, 4) is 11.5 Å². The number of halogens is 2. The van der Waals surface area contributed by atoms with Crippen LogP contribution in [0.4, 0.5) is 15.8 Å². The molecule has 0 fully saturated rings. The van der Waals surface area contributed by atoms with Gasteiger partial charge in [0.15, 0.2) is 16.6 Å². The molecule has 1 aliphatic heterocycles. The second-order valence-electron chi connectivity index (χ2n) is 4.27. The Labute approximate surface area is 130 Å². The molecule has 1 heterocycles. The Morgan fingerprint density at radius 3 is 2.71 bits per heavy atom. The highest BCUT2D eigenvalue weighted by Crippen LogP contribution is 2.34. The van der Waals surface area contributed by atoms with Crippen LogP contribution in [-0.4, -0.2) is 11.9 Å². The van der Waals surface area contributed by atoms with Gasteiger partial charge < -0.3 is 20.1 Å². The maximum Gasteiger partial charge on any atom is 0.231 e. The molecule has 2 aromatic carbocycles. The maximum absolute atomic E-state index is 13.7. The zero-order valence-corrected chi connectivity index (χ0v) is 12.2. The van der Waals surface area contributed by atoms with Crippen LogP contribution in [0.1, 0.15) is 0 Å². The summed E-state index contributed by atoms with van der Waals surface area (Å²) < 4.78 is 24.1. The lowest BCUT2D eigenvalue weighted by Gasteiger charge is -2.11. The van der Waals surface area contributed by atoms with Gasteiger partial charge in [0.05, 0.1) is 5.69 Å². The van der Waals surface area contributed by atoms with Crippen LogP contribution in [0, 0.1) is 5.82 Å². The summed E-state index contributed by atoms with van der Waals surface area (Å²) in [6.45, 7) is 0.206. The third-order valence-corrected chi connectivity index (χ3v) is 3.25. The van der Waals surface area contributed by atoms with E-state index in [4.69, 9.17) is 33.3 Å². The highest BCUT2D eigenvalue weighted by Gasteiger charge is 2.13. The predicted octanol–water partition coefficient (Wildman–Crippen LogP) is 4.02. The standard InChI is InChI=1S/C14H10ClFN2O2S/c15-8-1-3-11(10(16)5-8)18-14(21)17-9-2-4-12-13(6-9)20-7-19-12/h1-6H,7H2,(H2,17,18,21). The zero-order chi connectivity index (χ0) is 14.8. The van der Waals surface area contributed by atoms with E-state index >= 15 is 0 Å². The second kappa shape index (κ2) is 5.75. The molecule has 0 aliphatic carbocycles. The van der Waals surface area contributed by atoms with E-state index in [1.54, 1.807) is 24.3 Å². The van der Waals surface area contributed by atoms with Crippen molar-refractivity contribution in [3.63, 3.8) is 0 Å². The van der Waals surface area contributed by atoms with Crippen LogP contribution in [0.25, 0.3) is 0 Å². The Kier molecular flexibility index (Phi) is 3.81. The molecule has 7 heteroatoms. The number of hydrogen-bond donors (Lipinski definition) is 2. The van der Waals surface area contributed by atoms with E-state index in [0.717, 1.165) is 0 Å². The van der Waals surface area contributed by atoms with Gasteiger partial charge in [-0.15, -0.1) is 0 Å². The van der Waals surface area contributed by atoms with E-state index in [2.05, 4.69) is 10.6 Å². The molecule has 0 aromatic heterocycles. The van der Waals surface area contributed by atoms with E-state index in [-0.39, 0.29) is 17.6 Å². The van der Waals surface area contributed by atoms with Gasteiger partial charge in [0, 0.05) is 16.8 Å². The molecule has 3 rings (SSSR count). The van der Waals surface area contributed by atoms with Gasteiger partial charge in [-0.25, -0.2) is 4.39 Å². The van der Waals surface area contributed by atoms with Crippen molar-refractivity contribution in [2.75, 3.05) is 17.4 Å². The average molecular weight is 325 g/mol. The van der Waals surface area contributed by atoms with Gasteiger partial charge in [-0.1, -0.05) is 11.6 Å². The number of thiocarbonyl (C=S) groups is 1. The molecule has 21 heavy (non-hydrogen) atoms. The summed E-state index contributed by atoms with van der Waals surface area (Å²) in [7, 11) is 0. The fourth-order valence-electron chi connectivity index (χ4n) is 1.85. The Morgan fingerprint density at radius 2 is 1.90 bits per heavy atom. The molecule has 0 amide bonds. The lowest BCUT2D eigenvalue weighted by atomic mass is 10.3. The molecule has 0 bridgehead atoms. The summed E-state index contributed by atoms with van der Waals surface area (Å²) in [4.78, 5) is 0. The average Bonchev–Trinajstić information content (AvgIpc) is 2.89. The molecule has 2 N–H and O–H groups in total. The van der Waals surface area contributed by atoms with E-state index in [1.807, 2.05) is 0 Å². The summed E-state index contributed by atoms with van der Waals surface area (Å²) in [5.74, 6) is 0.848. The van der Waals surface area contributed by atoms with Gasteiger partial charge in [-0.3, -0.25) is 0 Å². The van der Waals surface area contributed by atoms with Crippen LogP contribution in [0.5, 0.6) is 11.5 Å². The third kappa shape index (κ3) is 3.17. The van der Waals surface area contributed by atoms with Crippen LogP contribution in [0.15, 0.2) is 36.4 Å². The fourth-order valence-corrected chi connectivity index (χ4v) is 2.24. The van der Waals surface area contributed by atoms with E-state index in [0.29, 0.717) is 22.2 Å². The number of fused-ring (bicyclic) bond motifs is 1. The maximum atomic E-state index is 13.7. The summed E-state index contributed by atoms with van der Waals surface area (Å²) in [6, 6.07) is 9.64. The summed E-state index contributed by atoms with van der Waals surface area (Å²) >= 11 is 10.8. The Balaban J connectivity index is 1.69. The first-order chi connectivity index (χ1) is 10.1. The number of rotatable bonds is 2. The van der Waals surface area contributed by atoms with Crippen molar-refractivity contribution in [1.29, 1.82) is 0 Å². The first-order valence-corrected chi connectivity index (χ1v) is 6.83. The minimum Gasteiger partial charge on any atom is -0.454 e. The summed E-state index contributed by atoms with van der Waals surface area (Å²) in [5, 5.41) is 6.30. The monoisotopic (exact) mass is 324 g/mol. The first kappa shape index (κ1) is 13.9. The summed E-state index contributed by atoms with van der Waals surface area (Å²) in [5.41, 5.74) is 0.962.